The van der Waals surface area contributed by atoms with Gasteiger partial charge in [0.05, 0.1) is 5.52 Å². The molecule has 0 saturated carbocycles. The minimum Gasteiger partial charge on any atom is -0.347 e. The minimum absolute atomic E-state index is 0.755. The number of nitrogens with zero attached hydrogens (tertiary/aromatic N) is 1. The van der Waals surface area contributed by atoms with Crippen molar-refractivity contribution >= 4 is 10.9 Å². The molecule has 0 amide bonds. The van der Waals surface area contributed by atoms with Crippen molar-refractivity contribution < 1.29 is 0 Å². The van der Waals surface area contributed by atoms with Crippen molar-refractivity contribution in [2.24, 2.45) is 5.73 Å². The highest BCUT2D eigenvalue weighted by atomic mass is 15.0. The van der Waals surface area contributed by atoms with Crippen molar-refractivity contribution in [2.75, 3.05) is 6.54 Å². The van der Waals surface area contributed by atoms with Crippen molar-refractivity contribution in [3.63, 3.8) is 0 Å². The molecule has 2 rings (SSSR count). The van der Waals surface area contributed by atoms with Crippen LogP contribution < -0.4 is 5.73 Å². The molecule has 15 heavy (non-hydrogen) atoms. The van der Waals surface area contributed by atoms with Gasteiger partial charge in [-0.1, -0.05) is 11.6 Å². The molecular weight excluding hydrogens is 184 g/mol. The van der Waals surface area contributed by atoms with E-state index in [4.69, 9.17) is 5.73 Å². The van der Waals surface area contributed by atoms with E-state index >= 15 is 0 Å². The highest BCUT2D eigenvalue weighted by molar-refractivity contribution is 5.84. The molecule has 1 heterocycles. The Morgan fingerprint density at radius 1 is 1.27 bits per heavy atom. The Morgan fingerprint density at radius 2 is 2.07 bits per heavy atom. The topological polar surface area (TPSA) is 30.9 Å². The summed E-state index contributed by atoms with van der Waals surface area (Å²) >= 11 is 0. The Bertz CT molecular complexity index is 469. The molecule has 0 aliphatic rings. The van der Waals surface area contributed by atoms with Crippen LogP contribution in [0.4, 0.5) is 0 Å². The number of benzene rings is 1. The standard InChI is InChI=1S/C13H18N2/c1-10-8-11(2)13-12(9-10)4-7-15(13)6-3-5-14/h4,7-9H,3,5-6,14H2,1-2H3. The third kappa shape index (κ3) is 1.90. The predicted molar refractivity (Wildman–Crippen MR) is 65.1 cm³/mol. The smallest absolute Gasteiger partial charge is 0.0510 e. The van der Waals surface area contributed by atoms with Crippen LogP contribution >= 0.6 is 0 Å². The summed E-state index contributed by atoms with van der Waals surface area (Å²) in [6, 6.07) is 6.66. The van der Waals surface area contributed by atoms with Gasteiger partial charge in [-0.3, -0.25) is 0 Å². The molecule has 0 fully saturated rings. The van der Waals surface area contributed by atoms with Crippen LogP contribution in [0.1, 0.15) is 17.5 Å². The normalized spacial score (nSPS) is 11.1. The molecule has 0 aliphatic heterocycles. The van der Waals surface area contributed by atoms with Gasteiger partial charge in [-0.05, 0) is 44.5 Å². The van der Waals surface area contributed by atoms with E-state index in [1.165, 1.54) is 22.0 Å². The first-order valence-corrected chi connectivity index (χ1v) is 5.48. The molecular formula is C13H18N2. The van der Waals surface area contributed by atoms with Crippen molar-refractivity contribution in [3.05, 3.63) is 35.5 Å². The van der Waals surface area contributed by atoms with Crippen molar-refractivity contribution in [3.8, 4) is 0 Å². The minimum atomic E-state index is 0.755. The first-order chi connectivity index (χ1) is 7.22. The maximum atomic E-state index is 5.54. The number of aryl methyl sites for hydroxylation is 3. The van der Waals surface area contributed by atoms with Gasteiger partial charge in [0, 0.05) is 18.1 Å². The Balaban J connectivity index is 2.49. The molecule has 0 atom stereocenters. The van der Waals surface area contributed by atoms with Crippen LogP contribution in [0.3, 0.4) is 0 Å². The van der Waals surface area contributed by atoms with Crippen LogP contribution in [0.25, 0.3) is 10.9 Å². The van der Waals surface area contributed by atoms with Gasteiger partial charge in [-0.15, -0.1) is 0 Å². The Kier molecular flexibility index (Phi) is 2.78. The first-order valence-electron chi connectivity index (χ1n) is 5.48. The zero-order valence-electron chi connectivity index (χ0n) is 9.46. The summed E-state index contributed by atoms with van der Waals surface area (Å²) < 4.78 is 2.30. The third-order valence-electron chi connectivity index (χ3n) is 2.80. The second-order valence-corrected chi connectivity index (χ2v) is 4.17. The zero-order valence-corrected chi connectivity index (χ0v) is 9.46. The van der Waals surface area contributed by atoms with E-state index in [-0.39, 0.29) is 0 Å². The number of hydrogen-bond donors (Lipinski definition) is 1. The average molecular weight is 202 g/mol. The number of rotatable bonds is 3. The average Bonchev–Trinajstić information content (AvgIpc) is 2.58. The number of fused-ring (bicyclic) bond motifs is 1. The maximum absolute atomic E-state index is 5.54. The largest absolute Gasteiger partial charge is 0.347 e. The Morgan fingerprint density at radius 3 is 2.80 bits per heavy atom. The van der Waals surface area contributed by atoms with Gasteiger partial charge in [0.1, 0.15) is 0 Å². The van der Waals surface area contributed by atoms with Gasteiger partial charge in [0.2, 0.25) is 0 Å². The summed E-state index contributed by atoms with van der Waals surface area (Å²) in [6.45, 7) is 6.09. The van der Waals surface area contributed by atoms with Crippen LogP contribution in [0, 0.1) is 13.8 Å². The fourth-order valence-electron chi connectivity index (χ4n) is 2.21. The monoisotopic (exact) mass is 202 g/mol. The summed E-state index contributed by atoms with van der Waals surface area (Å²) in [5, 5.41) is 1.34. The van der Waals surface area contributed by atoms with Crippen LogP contribution in [0.15, 0.2) is 24.4 Å². The first kappa shape index (κ1) is 10.2. The highest BCUT2D eigenvalue weighted by Crippen LogP contribution is 2.21. The molecule has 0 bridgehead atoms. The summed E-state index contributed by atoms with van der Waals surface area (Å²) in [6.07, 6.45) is 3.20. The number of aromatic nitrogens is 1. The summed E-state index contributed by atoms with van der Waals surface area (Å²) in [5.41, 5.74) is 9.58. The van der Waals surface area contributed by atoms with Crippen LogP contribution in [0.5, 0.6) is 0 Å². The summed E-state index contributed by atoms with van der Waals surface area (Å²) in [4.78, 5) is 0. The molecule has 80 valence electrons. The fraction of sp³-hybridized carbons (Fsp3) is 0.385. The predicted octanol–water partition coefficient (Wildman–Crippen LogP) is 2.61. The van der Waals surface area contributed by atoms with E-state index in [1.54, 1.807) is 0 Å². The fourth-order valence-corrected chi connectivity index (χ4v) is 2.21. The Hall–Kier alpha value is -1.28. The summed E-state index contributed by atoms with van der Waals surface area (Å²) in [7, 11) is 0. The lowest BCUT2D eigenvalue weighted by atomic mass is 10.1. The van der Waals surface area contributed by atoms with Crippen LogP contribution in [-0.4, -0.2) is 11.1 Å². The van der Waals surface area contributed by atoms with Crippen LogP contribution in [0.2, 0.25) is 0 Å². The van der Waals surface area contributed by atoms with Gasteiger partial charge in [0.15, 0.2) is 0 Å². The van der Waals surface area contributed by atoms with Gasteiger partial charge < -0.3 is 10.3 Å². The SMILES string of the molecule is Cc1cc(C)c2c(ccn2CCCN)c1. The molecule has 1 aromatic heterocycles. The number of nitrogens with two attached hydrogens (primary N) is 1. The van der Waals surface area contributed by atoms with E-state index in [0.29, 0.717) is 0 Å². The van der Waals surface area contributed by atoms with Gasteiger partial charge in [-0.25, -0.2) is 0 Å². The lowest BCUT2D eigenvalue weighted by Crippen LogP contribution is -2.05. The van der Waals surface area contributed by atoms with E-state index in [0.717, 1.165) is 19.5 Å². The molecule has 0 unspecified atom stereocenters. The lowest BCUT2D eigenvalue weighted by Gasteiger charge is -2.07. The molecule has 2 nitrogen and oxygen atoms in total. The van der Waals surface area contributed by atoms with Crippen molar-refractivity contribution in [1.82, 2.24) is 4.57 Å². The quantitative estimate of drug-likeness (QED) is 0.815. The Labute approximate surface area is 90.7 Å². The second-order valence-electron chi connectivity index (χ2n) is 4.17. The van der Waals surface area contributed by atoms with Crippen molar-refractivity contribution in [1.29, 1.82) is 0 Å². The third-order valence-corrected chi connectivity index (χ3v) is 2.80. The maximum Gasteiger partial charge on any atom is 0.0510 e. The van der Waals surface area contributed by atoms with Crippen molar-refractivity contribution in [2.45, 2.75) is 26.8 Å². The van der Waals surface area contributed by atoms with Crippen LogP contribution in [-0.2, 0) is 6.54 Å². The van der Waals surface area contributed by atoms with E-state index in [2.05, 4.69) is 42.8 Å². The molecule has 0 saturated heterocycles. The molecule has 2 N–H and O–H groups in total. The molecule has 0 radical (unpaired) electrons. The van der Waals surface area contributed by atoms with Gasteiger partial charge >= 0.3 is 0 Å². The molecule has 0 spiro atoms. The summed E-state index contributed by atoms with van der Waals surface area (Å²) in [5.74, 6) is 0. The van der Waals surface area contributed by atoms with E-state index < -0.39 is 0 Å². The molecule has 1 aromatic carbocycles. The zero-order chi connectivity index (χ0) is 10.8. The van der Waals surface area contributed by atoms with E-state index in [9.17, 15) is 0 Å². The molecule has 2 aromatic rings. The molecule has 2 heteroatoms. The molecule has 0 aliphatic carbocycles. The second kappa shape index (κ2) is 4.07. The lowest BCUT2D eigenvalue weighted by molar-refractivity contribution is 0.670. The highest BCUT2D eigenvalue weighted by Gasteiger charge is 2.04. The van der Waals surface area contributed by atoms with E-state index in [1.807, 2.05) is 0 Å². The van der Waals surface area contributed by atoms with Gasteiger partial charge in [0.25, 0.3) is 0 Å². The van der Waals surface area contributed by atoms with Gasteiger partial charge in [-0.2, -0.15) is 0 Å². The number of hydrogen-bond acceptors (Lipinski definition) is 1.